The van der Waals surface area contributed by atoms with E-state index in [2.05, 4.69) is 0 Å². The van der Waals surface area contributed by atoms with Crippen LogP contribution in [0.4, 0.5) is 15.8 Å². The number of halogens is 1. The normalized spacial score (nSPS) is 13.4. The molecule has 1 fully saturated rings. The standard InChI is InChI=1S/C24H19FN2O6/c25-19-6-1-16(2-7-19)23(28)17-3-8-20(9-4-17)33-24(29)18-5-10-21(22(15-18)27(30)31)26-11-13-32-14-12-26/h1-10,15H,11-14H2. The van der Waals surface area contributed by atoms with Crippen LogP contribution >= 0.6 is 0 Å². The molecule has 0 aliphatic carbocycles. The minimum atomic E-state index is -0.760. The van der Waals surface area contributed by atoms with Crippen molar-refractivity contribution in [1.29, 1.82) is 0 Å². The minimum Gasteiger partial charge on any atom is -0.423 e. The fraction of sp³-hybridized carbons (Fsp3) is 0.167. The number of nitro benzene ring substituents is 1. The molecule has 3 aromatic carbocycles. The number of benzene rings is 3. The molecule has 0 bridgehead atoms. The van der Waals surface area contributed by atoms with Crippen LogP contribution in [0, 0.1) is 15.9 Å². The average Bonchev–Trinajstić information content (AvgIpc) is 2.84. The van der Waals surface area contributed by atoms with Crippen molar-refractivity contribution in [3.05, 3.63) is 99.4 Å². The molecule has 0 N–H and O–H groups in total. The van der Waals surface area contributed by atoms with Crippen molar-refractivity contribution in [2.75, 3.05) is 31.2 Å². The Balaban J connectivity index is 1.48. The largest absolute Gasteiger partial charge is 0.423 e. The summed E-state index contributed by atoms with van der Waals surface area (Å²) in [6.45, 7) is 1.99. The van der Waals surface area contributed by atoms with E-state index in [4.69, 9.17) is 9.47 Å². The Morgan fingerprint density at radius 1 is 0.909 bits per heavy atom. The first-order chi connectivity index (χ1) is 15.9. The van der Waals surface area contributed by atoms with Crippen LogP contribution in [0.2, 0.25) is 0 Å². The Morgan fingerprint density at radius 3 is 2.09 bits per heavy atom. The van der Waals surface area contributed by atoms with Crippen molar-refractivity contribution in [3.8, 4) is 5.75 Å². The molecule has 0 radical (unpaired) electrons. The highest BCUT2D eigenvalue weighted by Gasteiger charge is 2.24. The van der Waals surface area contributed by atoms with Gasteiger partial charge in [-0.05, 0) is 60.7 Å². The number of hydrogen-bond acceptors (Lipinski definition) is 7. The van der Waals surface area contributed by atoms with Crippen molar-refractivity contribution in [1.82, 2.24) is 0 Å². The summed E-state index contributed by atoms with van der Waals surface area (Å²) in [5.41, 5.74) is 0.931. The smallest absolute Gasteiger partial charge is 0.343 e. The van der Waals surface area contributed by atoms with Crippen LogP contribution in [0.1, 0.15) is 26.3 Å². The van der Waals surface area contributed by atoms with E-state index in [1.807, 2.05) is 4.90 Å². The predicted molar refractivity (Wildman–Crippen MR) is 117 cm³/mol. The number of nitrogens with zero attached hydrogens (tertiary/aromatic N) is 2. The first-order valence-electron chi connectivity index (χ1n) is 10.2. The van der Waals surface area contributed by atoms with E-state index >= 15 is 0 Å². The zero-order chi connectivity index (χ0) is 23.4. The van der Waals surface area contributed by atoms with Crippen LogP contribution in [0.5, 0.6) is 5.75 Å². The van der Waals surface area contributed by atoms with Crippen LogP contribution in [0.25, 0.3) is 0 Å². The Hall–Kier alpha value is -4.11. The molecule has 168 valence electrons. The lowest BCUT2D eigenvalue weighted by molar-refractivity contribution is -0.384. The number of ketones is 1. The van der Waals surface area contributed by atoms with Gasteiger partial charge in [0.15, 0.2) is 5.78 Å². The second kappa shape index (κ2) is 9.58. The first kappa shape index (κ1) is 22.1. The lowest BCUT2D eigenvalue weighted by Crippen LogP contribution is -2.36. The van der Waals surface area contributed by atoms with E-state index in [1.165, 1.54) is 66.7 Å². The van der Waals surface area contributed by atoms with E-state index in [9.17, 15) is 24.1 Å². The molecule has 0 atom stereocenters. The van der Waals surface area contributed by atoms with Gasteiger partial charge in [-0.25, -0.2) is 9.18 Å². The molecule has 0 saturated carbocycles. The molecule has 33 heavy (non-hydrogen) atoms. The molecule has 0 unspecified atom stereocenters. The zero-order valence-electron chi connectivity index (χ0n) is 17.4. The summed E-state index contributed by atoms with van der Waals surface area (Å²) < 4.78 is 23.7. The Morgan fingerprint density at radius 2 is 1.48 bits per heavy atom. The van der Waals surface area contributed by atoms with E-state index in [-0.39, 0.29) is 22.8 Å². The van der Waals surface area contributed by atoms with E-state index < -0.39 is 16.7 Å². The Labute approximate surface area is 188 Å². The summed E-state index contributed by atoms with van der Waals surface area (Å²) in [7, 11) is 0. The molecule has 0 aromatic heterocycles. The average molecular weight is 450 g/mol. The van der Waals surface area contributed by atoms with E-state index in [0.29, 0.717) is 43.1 Å². The van der Waals surface area contributed by atoms with Gasteiger partial charge in [-0.2, -0.15) is 0 Å². The van der Waals surface area contributed by atoms with Gasteiger partial charge >= 0.3 is 5.97 Å². The first-order valence-corrected chi connectivity index (χ1v) is 10.2. The SMILES string of the molecule is O=C(Oc1ccc(C(=O)c2ccc(F)cc2)cc1)c1ccc(N2CCOCC2)c([N+](=O)[O-])c1. The molecular weight excluding hydrogens is 431 g/mol. The summed E-state index contributed by atoms with van der Waals surface area (Å²) in [5.74, 6) is -1.32. The third-order valence-corrected chi connectivity index (χ3v) is 5.19. The van der Waals surface area contributed by atoms with Crippen LogP contribution in [-0.2, 0) is 4.74 Å². The van der Waals surface area contributed by atoms with Crippen LogP contribution in [-0.4, -0.2) is 43.0 Å². The van der Waals surface area contributed by atoms with Gasteiger partial charge in [-0.15, -0.1) is 0 Å². The molecule has 3 aromatic rings. The number of carbonyl (C=O) groups is 2. The number of esters is 1. The summed E-state index contributed by atoms with van der Waals surface area (Å²) in [6, 6.07) is 15.3. The Bertz CT molecular complexity index is 1190. The van der Waals surface area contributed by atoms with Gasteiger partial charge in [-0.3, -0.25) is 14.9 Å². The number of morpholine rings is 1. The molecule has 1 saturated heterocycles. The van der Waals surface area contributed by atoms with Crippen molar-refractivity contribution in [3.63, 3.8) is 0 Å². The highest BCUT2D eigenvalue weighted by molar-refractivity contribution is 6.09. The van der Waals surface area contributed by atoms with E-state index in [0.717, 1.165) is 0 Å². The van der Waals surface area contributed by atoms with Gasteiger partial charge in [0, 0.05) is 30.3 Å². The third-order valence-electron chi connectivity index (χ3n) is 5.19. The van der Waals surface area contributed by atoms with Gasteiger partial charge in [0.1, 0.15) is 17.3 Å². The van der Waals surface area contributed by atoms with Crippen LogP contribution < -0.4 is 9.64 Å². The van der Waals surface area contributed by atoms with Crippen molar-refractivity contribution < 1.29 is 28.4 Å². The summed E-state index contributed by atoms with van der Waals surface area (Å²) in [4.78, 5) is 37.9. The zero-order valence-corrected chi connectivity index (χ0v) is 17.4. The van der Waals surface area contributed by atoms with E-state index in [1.54, 1.807) is 0 Å². The van der Waals surface area contributed by atoms with Gasteiger partial charge in [0.05, 0.1) is 23.7 Å². The number of rotatable bonds is 6. The van der Waals surface area contributed by atoms with Gasteiger partial charge in [0.25, 0.3) is 5.69 Å². The topological polar surface area (TPSA) is 99.0 Å². The van der Waals surface area contributed by atoms with Gasteiger partial charge < -0.3 is 14.4 Å². The summed E-state index contributed by atoms with van der Waals surface area (Å²) in [5, 5.41) is 11.6. The number of nitro groups is 1. The van der Waals surface area contributed by atoms with Gasteiger partial charge in [-0.1, -0.05) is 0 Å². The lowest BCUT2D eigenvalue weighted by atomic mass is 10.0. The molecular formula is C24H19FN2O6. The number of ether oxygens (including phenoxy) is 2. The molecule has 1 heterocycles. The number of carbonyl (C=O) groups excluding carboxylic acids is 2. The summed E-state index contributed by atoms with van der Waals surface area (Å²) in [6.07, 6.45) is 0. The fourth-order valence-corrected chi connectivity index (χ4v) is 3.48. The lowest BCUT2D eigenvalue weighted by Gasteiger charge is -2.28. The molecule has 8 nitrogen and oxygen atoms in total. The maximum Gasteiger partial charge on any atom is 0.343 e. The highest BCUT2D eigenvalue weighted by Crippen LogP contribution is 2.30. The van der Waals surface area contributed by atoms with Crippen molar-refractivity contribution in [2.45, 2.75) is 0 Å². The Kier molecular flexibility index (Phi) is 6.41. The maximum atomic E-state index is 13.0. The quantitative estimate of drug-likeness (QED) is 0.184. The van der Waals surface area contributed by atoms with Crippen molar-refractivity contribution in [2.24, 2.45) is 0 Å². The van der Waals surface area contributed by atoms with Crippen LogP contribution in [0.15, 0.2) is 66.7 Å². The monoisotopic (exact) mass is 450 g/mol. The summed E-state index contributed by atoms with van der Waals surface area (Å²) >= 11 is 0. The second-order valence-corrected chi connectivity index (χ2v) is 7.31. The molecule has 0 amide bonds. The minimum absolute atomic E-state index is 0.0326. The predicted octanol–water partition coefficient (Wildman–Crippen LogP) is 4.02. The number of hydrogen-bond donors (Lipinski definition) is 0. The molecule has 0 spiro atoms. The third kappa shape index (κ3) is 5.04. The van der Waals surface area contributed by atoms with Crippen LogP contribution in [0.3, 0.4) is 0 Å². The highest BCUT2D eigenvalue weighted by atomic mass is 19.1. The molecule has 1 aliphatic rings. The van der Waals surface area contributed by atoms with Crippen molar-refractivity contribution >= 4 is 23.1 Å². The molecule has 1 aliphatic heterocycles. The molecule has 4 rings (SSSR count). The molecule has 9 heteroatoms. The second-order valence-electron chi connectivity index (χ2n) is 7.31. The number of anilines is 1. The van der Waals surface area contributed by atoms with Gasteiger partial charge in [0.2, 0.25) is 0 Å². The maximum absolute atomic E-state index is 13.0. The fourth-order valence-electron chi connectivity index (χ4n) is 3.48.